The van der Waals surface area contributed by atoms with Crippen LogP contribution in [-0.4, -0.2) is 24.4 Å². The summed E-state index contributed by atoms with van der Waals surface area (Å²) >= 11 is 0. The Morgan fingerprint density at radius 2 is 1.92 bits per heavy atom. The first-order chi connectivity index (χ1) is 12.5. The summed E-state index contributed by atoms with van der Waals surface area (Å²) in [5, 5.41) is 13.6. The third kappa shape index (κ3) is 5.49. The van der Waals surface area contributed by atoms with E-state index in [4.69, 9.17) is 14.4 Å². The molecule has 134 valence electrons. The fraction of sp³-hybridized carbons (Fsp3) is 0.222. The van der Waals surface area contributed by atoms with Gasteiger partial charge in [0.25, 0.3) is 5.91 Å². The van der Waals surface area contributed by atoms with E-state index < -0.39 is 24.4 Å². The number of rotatable bonds is 7. The van der Waals surface area contributed by atoms with Gasteiger partial charge in [0, 0.05) is 5.69 Å². The van der Waals surface area contributed by atoms with Crippen molar-refractivity contribution in [1.82, 2.24) is 5.32 Å². The molecule has 1 heterocycles. The Hall–Kier alpha value is -3.60. The topological polar surface area (TPSA) is 121 Å². The maximum absolute atomic E-state index is 11.9. The van der Waals surface area contributed by atoms with Crippen LogP contribution in [0.4, 0.5) is 5.69 Å². The van der Waals surface area contributed by atoms with E-state index in [-0.39, 0.29) is 18.0 Å². The van der Waals surface area contributed by atoms with E-state index in [0.29, 0.717) is 11.4 Å². The summed E-state index contributed by atoms with van der Waals surface area (Å²) in [6.45, 7) is 1.32. The predicted molar refractivity (Wildman–Crippen MR) is 90.8 cm³/mol. The number of ether oxygens (including phenoxy) is 1. The van der Waals surface area contributed by atoms with Crippen LogP contribution >= 0.6 is 0 Å². The molecule has 0 aliphatic carbocycles. The van der Waals surface area contributed by atoms with Crippen LogP contribution in [0.25, 0.3) is 0 Å². The number of hydrogen-bond donors (Lipinski definition) is 2. The Kier molecular flexibility index (Phi) is 6.51. The molecule has 2 N–H and O–H groups in total. The molecule has 0 bridgehead atoms. The molecule has 0 spiro atoms. The van der Waals surface area contributed by atoms with Gasteiger partial charge in [-0.15, -0.1) is 0 Å². The van der Waals surface area contributed by atoms with Crippen LogP contribution in [0.3, 0.4) is 0 Å². The maximum Gasteiger partial charge on any atom is 0.338 e. The number of nitrogens with one attached hydrogen (secondary N) is 2. The highest BCUT2D eigenvalue weighted by atomic mass is 16.5. The van der Waals surface area contributed by atoms with Gasteiger partial charge >= 0.3 is 5.97 Å². The second kappa shape index (κ2) is 9.03. The Balaban J connectivity index is 1.81. The summed E-state index contributed by atoms with van der Waals surface area (Å²) in [5.41, 5.74) is 0.682. The number of nitrogens with zero attached hydrogens (tertiary/aromatic N) is 1. The van der Waals surface area contributed by atoms with Gasteiger partial charge in [-0.05, 0) is 43.3 Å². The van der Waals surface area contributed by atoms with Crippen molar-refractivity contribution in [1.29, 1.82) is 5.26 Å². The minimum Gasteiger partial charge on any atom is -0.467 e. The van der Waals surface area contributed by atoms with Crippen molar-refractivity contribution in [3.63, 3.8) is 0 Å². The molecule has 1 aromatic heterocycles. The Labute approximate surface area is 149 Å². The van der Waals surface area contributed by atoms with Crippen molar-refractivity contribution in [3.8, 4) is 6.07 Å². The number of carbonyl (C=O) groups is 3. The highest BCUT2D eigenvalue weighted by Crippen LogP contribution is 2.13. The molecule has 0 saturated carbocycles. The first-order valence-corrected chi connectivity index (χ1v) is 7.76. The van der Waals surface area contributed by atoms with Crippen molar-refractivity contribution in [2.45, 2.75) is 19.4 Å². The molecule has 26 heavy (non-hydrogen) atoms. The van der Waals surface area contributed by atoms with Crippen LogP contribution in [0.5, 0.6) is 0 Å². The average Bonchev–Trinajstić information content (AvgIpc) is 3.15. The van der Waals surface area contributed by atoms with Crippen LogP contribution in [0.2, 0.25) is 0 Å². The van der Waals surface area contributed by atoms with Crippen LogP contribution in [0.15, 0.2) is 47.1 Å². The lowest BCUT2D eigenvalue weighted by atomic mass is 10.2. The molecule has 0 aliphatic rings. The number of hydrogen-bond acceptors (Lipinski definition) is 6. The second-order valence-corrected chi connectivity index (χ2v) is 5.34. The molecule has 8 nitrogen and oxygen atoms in total. The van der Waals surface area contributed by atoms with Crippen LogP contribution in [0, 0.1) is 11.3 Å². The van der Waals surface area contributed by atoms with Gasteiger partial charge in [0.15, 0.2) is 6.61 Å². The van der Waals surface area contributed by atoms with Crippen molar-refractivity contribution < 1.29 is 23.5 Å². The summed E-state index contributed by atoms with van der Waals surface area (Å²) in [4.78, 5) is 35.1. The number of amides is 2. The Morgan fingerprint density at radius 3 is 2.54 bits per heavy atom. The molecule has 2 aromatic rings. The van der Waals surface area contributed by atoms with E-state index in [1.54, 1.807) is 25.1 Å². The van der Waals surface area contributed by atoms with Crippen molar-refractivity contribution >= 4 is 23.5 Å². The highest BCUT2D eigenvalue weighted by molar-refractivity contribution is 5.94. The second-order valence-electron chi connectivity index (χ2n) is 5.34. The van der Waals surface area contributed by atoms with Gasteiger partial charge < -0.3 is 19.8 Å². The normalized spacial score (nSPS) is 11.1. The van der Waals surface area contributed by atoms with E-state index in [9.17, 15) is 14.4 Å². The number of esters is 1. The first kappa shape index (κ1) is 18.7. The molecule has 1 atom stereocenters. The fourth-order valence-electron chi connectivity index (χ4n) is 2.07. The number of furan rings is 1. The number of benzene rings is 1. The molecule has 0 aliphatic heterocycles. The average molecular weight is 355 g/mol. The highest BCUT2D eigenvalue weighted by Gasteiger charge is 2.14. The Bertz CT molecular complexity index is 806. The fourth-order valence-corrected chi connectivity index (χ4v) is 2.07. The van der Waals surface area contributed by atoms with E-state index in [1.807, 2.05) is 0 Å². The summed E-state index contributed by atoms with van der Waals surface area (Å²) in [5.74, 6) is -0.966. The van der Waals surface area contributed by atoms with Gasteiger partial charge in [0.05, 0.1) is 23.9 Å². The zero-order valence-corrected chi connectivity index (χ0v) is 14.0. The van der Waals surface area contributed by atoms with E-state index in [0.717, 1.165) is 0 Å². The van der Waals surface area contributed by atoms with Crippen molar-refractivity contribution in [2.75, 3.05) is 11.9 Å². The largest absolute Gasteiger partial charge is 0.467 e. The molecule has 2 rings (SSSR count). The van der Waals surface area contributed by atoms with Gasteiger partial charge in [0.1, 0.15) is 12.2 Å². The zero-order valence-electron chi connectivity index (χ0n) is 14.0. The van der Waals surface area contributed by atoms with Gasteiger partial charge in [0.2, 0.25) is 5.91 Å². The molecule has 0 fully saturated rings. The lowest BCUT2D eigenvalue weighted by Crippen LogP contribution is -2.30. The number of nitriles is 1. The van der Waals surface area contributed by atoms with Gasteiger partial charge in [-0.1, -0.05) is 0 Å². The Morgan fingerprint density at radius 1 is 1.19 bits per heavy atom. The molecular formula is C18H17N3O5. The van der Waals surface area contributed by atoms with Crippen molar-refractivity contribution in [3.05, 3.63) is 54.0 Å². The molecule has 1 aromatic carbocycles. The minimum absolute atomic E-state index is 0.232. The van der Waals surface area contributed by atoms with E-state index in [1.165, 1.54) is 30.5 Å². The standard InChI is InChI=1S/C18H17N3O5/c1-12(15-3-2-10-25-15)20-17(23)11-26-18(24)13-4-6-14(7-5-13)21-16(22)8-9-19/h2-7,10,12H,8,11H2,1H3,(H,20,23)(H,21,22)/t12-/m1/s1. The maximum atomic E-state index is 11.9. The smallest absolute Gasteiger partial charge is 0.338 e. The molecule has 8 heteroatoms. The monoisotopic (exact) mass is 355 g/mol. The van der Waals surface area contributed by atoms with Gasteiger partial charge in [-0.25, -0.2) is 4.79 Å². The molecule has 0 saturated heterocycles. The molecule has 2 amide bonds. The van der Waals surface area contributed by atoms with Crippen molar-refractivity contribution in [2.24, 2.45) is 0 Å². The lowest BCUT2D eigenvalue weighted by Gasteiger charge is -2.11. The van der Waals surface area contributed by atoms with E-state index in [2.05, 4.69) is 10.6 Å². The summed E-state index contributed by atoms with van der Waals surface area (Å²) in [7, 11) is 0. The lowest BCUT2D eigenvalue weighted by molar-refractivity contribution is -0.125. The summed E-state index contributed by atoms with van der Waals surface area (Å²) in [6.07, 6.45) is 1.25. The SMILES string of the molecule is C[C@@H](NC(=O)COC(=O)c1ccc(NC(=O)CC#N)cc1)c1ccco1. The summed E-state index contributed by atoms with van der Waals surface area (Å²) in [6, 6.07) is 10.8. The van der Waals surface area contributed by atoms with Gasteiger partial charge in [-0.2, -0.15) is 5.26 Å². The van der Waals surface area contributed by atoms with Gasteiger partial charge in [-0.3, -0.25) is 9.59 Å². The minimum atomic E-state index is -0.666. The van der Waals surface area contributed by atoms with Crippen LogP contribution < -0.4 is 10.6 Å². The predicted octanol–water partition coefficient (Wildman–Crippen LogP) is 2.17. The number of carbonyl (C=O) groups excluding carboxylic acids is 3. The third-order valence-corrected chi connectivity index (χ3v) is 3.33. The van der Waals surface area contributed by atoms with Crippen LogP contribution in [-0.2, 0) is 14.3 Å². The summed E-state index contributed by atoms with van der Waals surface area (Å²) < 4.78 is 10.1. The van der Waals surface area contributed by atoms with Crippen LogP contribution in [0.1, 0.15) is 35.5 Å². The number of anilines is 1. The third-order valence-electron chi connectivity index (χ3n) is 3.33. The van der Waals surface area contributed by atoms with E-state index >= 15 is 0 Å². The zero-order chi connectivity index (χ0) is 18.9. The molecule has 0 unspecified atom stereocenters. The molecular weight excluding hydrogens is 338 g/mol. The quantitative estimate of drug-likeness (QED) is 0.734. The molecule has 0 radical (unpaired) electrons. The first-order valence-electron chi connectivity index (χ1n) is 7.76.